The Hall–Kier alpha value is -3.15. The van der Waals surface area contributed by atoms with Crippen molar-refractivity contribution in [2.45, 2.75) is 39.3 Å². The fourth-order valence-electron chi connectivity index (χ4n) is 3.90. The minimum Gasteiger partial charge on any atom is -0.497 e. The normalized spacial score (nSPS) is 18.6. The lowest BCUT2D eigenvalue weighted by Gasteiger charge is -2.40. The van der Waals surface area contributed by atoms with E-state index in [0.29, 0.717) is 5.95 Å². The molecular weight excluding hydrogens is 364 g/mol. The molecule has 1 aliphatic heterocycles. The van der Waals surface area contributed by atoms with Crippen molar-refractivity contribution >= 4 is 11.9 Å². The van der Waals surface area contributed by atoms with Crippen molar-refractivity contribution in [3.05, 3.63) is 71.5 Å². The van der Waals surface area contributed by atoms with E-state index in [1.165, 1.54) is 11.9 Å². The maximum absolute atomic E-state index is 13.2. The van der Waals surface area contributed by atoms with E-state index < -0.39 is 0 Å². The van der Waals surface area contributed by atoms with Crippen LogP contribution in [0.5, 0.6) is 5.75 Å². The fraction of sp³-hybridized carbons (Fsp3) is 0.348. The molecule has 2 aromatic carbocycles. The van der Waals surface area contributed by atoms with E-state index >= 15 is 0 Å². The summed E-state index contributed by atoms with van der Waals surface area (Å²) in [5, 5.41) is 4.47. The van der Waals surface area contributed by atoms with Gasteiger partial charge in [0, 0.05) is 5.92 Å². The van der Waals surface area contributed by atoms with Gasteiger partial charge in [-0.1, -0.05) is 55.8 Å². The topological polar surface area (TPSA) is 60.2 Å². The molecule has 3 aromatic rings. The second-order valence-corrected chi connectivity index (χ2v) is 7.82. The Morgan fingerprint density at radius 1 is 1.03 bits per heavy atom. The Labute approximate surface area is 171 Å². The largest absolute Gasteiger partial charge is 0.497 e. The van der Waals surface area contributed by atoms with Crippen LogP contribution in [-0.4, -0.2) is 27.8 Å². The van der Waals surface area contributed by atoms with Gasteiger partial charge < -0.3 is 4.74 Å². The highest BCUT2D eigenvalue weighted by atomic mass is 16.5. The van der Waals surface area contributed by atoms with Crippen LogP contribution in [0.25, 0.3) is 0 Å². The molecule has 0 aliphatic carbocycles. The molecule has 29 heavy (non-hydrogen) atoms. The zero-order chi connectivity index (χ0) is 20.5. The zero-order valence-electron chi connectivity index (χ0n) is 17.2. The minimum absolute atomic E-state index is 0.0130. The number of rotatable bonds is 4. The highest BCUT2D eigenvalue weighted by Gasteiger charge is 2.39. The number of hydrogen-bond acceptors (Lipinski definition) is 4. The molecule has 0 saturated carbocycles. The Kier molecular flexibility index (Phi) is 5.09. The van der Waals surface area contributed by atoms with E-state index in [1.807, 2.05) is 35.6 Å². The predicted molar refractivity (Wildman–Crippen MR) is 112 cm³/mol. The first-order valence-electron chi connectivity index (χ1n) is 9.92. The third-order valence-corrected chi connectivity index (χ3v) is 5.52. The van der Waals surface area contributed by atoms with Gasteiger partial charge in [-0.2, -0.15) is 10.1 Å². The van der Waals surface area contributed by atoms with Gasteiger partial charge in [0.15, 0.2) is 0 Å². The summed E-state index contributed by atoms with van der Waals surface area (Å²) in [6.07, 6.45) is 2.26. The zero-order valence-corrected chi connectivity index (χ0v) is 17.2. The first kappa shape index (κ1) is 19.2. The molecule has 0 saturated heterocycles. The van der Waals surface area contributed by atoms with Crippen molar-refractivity contribution in [3.8, 4) is 5.75 Å². The monoisotopic (exact) mass is 390 g/mol. The average molecular weight is 390 g/mol. The summed E-state index contributed by atoms with van der Waals surface area (Å²) in [5.74, 6) is 1.33. The summed E-state index contributed by atoms with van der Waals surface area (Å²) in [6, 6.07) is 16.3. The molecule has 1 aliphatic rings. The van der Waals surface area contributed by atoms with E-state index in [-0.39, 0.29) is 23.9 Å². The summed E-state index contributed by atoms with van der Waals surface area (Å²) in [6.45, 7) is 5.91. The quantitative estimate of drug-likeness (QED) is 0.666. The molecule has 0 radical (unpaired) electrons. The Balaban J connectivity index is 1.82. The summed E-state index contributed by atoms with van der Waals surface area (Å²) in [4.78, 5) is 19.5. The SMILES string of the molecule is COc1ccc(C2CC(c3ccc(C)cc3)N(C(=O)C(C)C)c3ncnn32)cc1. The summed E-state index contributed by atoms with van der Waals surface area (Å²) < 4.78 is 7.17. The van der Waals surface area contributed by atoms with Crippen LogP contribution in [0.1, 0.15) is 49.0 Å². The number of amides is 1. The molecule has 4 rings (SSSR count). The molecule has 2 heterocycles. The van der Waals surface area contributed by atoms with Crippen LogP contribution in [0.4, 0.5) is 5.95 Å². The van der Waals surface area contributed by atoms with Crippen LogP contribution in [0.2, 0.25) is 0 Å². The lowest BCUT2D eigenvalue weighted by atomic mass is 9.91. The highest BCUT2D eigenvalue weighted by Crippen LogP contribution is 2.42. The molecule has 2 atom stereocenters. The molecule has 150 valence electrons. The van der Waals surface area contributed by atoms with Gasteiger partial charge in [0.1, 0.15) is 12.1 Å². The smallest absolute Gasteiger partial charge is 0.232 e. The lowest BCUT2D eigenvalue weighted by molar-refractivity contribution is -0.122. The molecule has 1 aromatic heterocycles. The maximum Gasteiger partial charge on any atom is 0.232 e. The summed E-state index contributed by atoms with van der Waals surface area (Å²) in [7, 11) is 1.66. The number of fused-ring (bicyclic) bond motifs is 1. The Morgan fingerprint density at radius 3 is 2.28 bits per heavy atom. The number of aryl methyl sites for hydroxylation is 1. The molecule has 0 bridgehead atoms. The molecule has 1 amide bonds. The van der Waals surface area contributed by atoms with E-state index in [0.717, 1.165) is 23.3 Å². The first-order valence-corrected chi connectivity index (χ1v) is 9.92. The van der Waals surface area contributed by atoms with Gasteiger partial charge in [0.2, 0.25) is 11.9 Å². The van der Waals surface area contributed by atoms with Crippen LogP contribution >= 0.6 is 0 Å². The van der Waals surface area contributed by atoms with E-state index in [4.69, 9.17) is 4.74 Å². The molecule has 0 spiro atoms. The van der Waals surface area contributed by atoms with Gasteiger partial charge in [-0.3, -0.25) is 9.69 Å². The van der Waals surface area contributed by atoms with Gasteiger partial charge in [-0.15, -0.1) is 0 Å². The fourth-order valence-corrected chi connectivity index (χ4v) is 3.90. The van der Waals surface area contributed by atoms with Gasteiger partial charge in [0.25, 0.3) is 0 Å². The standard InChI is InChI=1S/C23H26N4O2/c1-15(2)22(28)26-20(17-7-5-16(3)6-8-17)13-21(27-23(26)24-14-25-27)18-9-11-19(29-4)12-10-18/h5-12,14-15,20-21H,13H2,1-4H3. The van der Waals surface area contributed by atoms with E-state index in [9.17, 15) is 4.79 Å². The van der Waals surface area contributed by atoms with Crippen molar-refractivity contribution in [2.75, 3.05) is 12.0 Å². The van der Waals surface area contributed by atoms with Gasteiger partial charge in [-0.05, 0) is 36.6 Å². The van der Waals surface area contributed by atoms with Crippen LogP contribution in [0.3, 0.4) is 0 Å². The van der Waals surface area contributed by atoms with Crippen molar-refractivity contribution in [3.63, 3.8) is 0 Å². The third-order valence-electron chi connectivity index (χ3n) is 5.52. The number of carbonyl (C=O) groups is 1. The van der Waals surface area contributed by atoms with Crippen molar-refractivity contribution in [1.82, 2.24) is 14.8 Å². The first-order chi connectivity index (χ1) is 14.0. The Bertz CT molecular complexity index is 992. The number of hydrogen-bond donors (Lipinski definition) is 0. The van der Waals surface area contributed by atoms with Crippen LogP contribution in [0, 0.1) is 12.8 Å². The number of ether oxygens (including phenoxy) is 1. The second kappa shape index (κ2) is 7.70. The van der Waals surface area contributed by atoms with Gasteiger partial charge in [-0.25, -0.2) is 4.68 Å². The molecule has 0 fully saturated rings. The molecule has 6 nitrogen and oxygen atoms in total. The van der Waals surface area contributed by atoms with E-state index in [1.54, 1.807) is 7.11 Å². The molecule has 0 N–H and O–H groups in total. The predicted octanol–water partition coefficient (Wildman–Crippen LogP) is 4.32. The molecule has 2 unspecified atom stereocenters. The van der Waals surface area contributed by atoms with Gasteiger partial charge >= 0.3 is 0 Å². The number of nitrogens with zero attached hydrogens (tertiary/aromatic N) is 4. The highest BCUT2D eigenvalue weighted by molar-refractivity contribution is 5.94. The number of aromatic nitrogens is 3. The molecular formula is C23H26N4O2. The second-order valence-electron chi connectivity index (χ2n) is 7.82. The average Bonchev–Trinajstić information content (AvgIpc) is 3.22. The maximum atomic E-state index is 13.2. The third kappa shape index (κ3) is 3.50. The number of benzene rings is 2. The summed E-state index contributed by atoms with van der Waals surface area (Å²) >= 11 is 0. The summed E-state index contributed by atoms with van der Waals surface area (Å²) in [5.41, 5.74) is 3.42. The van der Waals surface area contributed by atoms with Gasteiger partial charge in [0.05, 0.1) is 19.2 Å². The van der Waals surface area contributed by atoms with Crippen molar-refractivity contribution in [2.24, 2.45) is 5.92 Å². The minimum atomic E-state index is -0.134. The molecule has 6 heteroatoms. The number of carbonyl (C=O) groups excluding carboxylic acids is 1. The number of anilines is 1. The van der Waals surface area contributed by atoms with Crippen LogP contribution < -0.4 is 9.64 Å². The van der Waals surface area contributed by atoms with Crippen LogP contribution in [-0.2, 0) is 4.79 Å². The van der Waals surface area contributed by atoms with Crippen molar-refractivity contribution in [1.29, 1.82) is 0 Å². The van der Waals surface area contributed by atoms with E-state index in [2.05, 4.69) is 53.4 Å². The lowest BCUT2D eigenvalue weighted by Crippen LogP contribution is -2.44. The Morgan fingerprint density at radius 2 is 1.66 bits per heavy atom. The van der Waals surface area contributed by atoms with Crippen molar-refractivity contribution < 1.29 is 9.53 Å². The number of methoxy groups -OCH3 is 1. The van der Waals surface area contributed by atoms with Crippen LogP contribution in [0.15, 0.2) is 54.9 Å².